The molecule has 16 heavy (non-hydrogen) atoms. The monoisotopic (exact) mass is 245 g/mol. The minimum Gasteiger partial charge on any atom is -0.377 e. The van der Waals surface area contributed by atoms with Gasteiger partial charge < -0.3 is 10.5 Å². The van der Waals surface area contributed by atoms with Gasteiger partial charge in [0.05, 0.1) is 16.6 Å². The van der Waals surface area contributed by atoms with E-state index in [1.807, 2.05) is 6.92 Å². The van der Waals surface area contributed by atoms with E-state index in [1.54, 1.807) is 0 Å². The molecule has 0 bridgehead atoms. The molecule has 6 atom stereocenters. The Labute approximate surface area is 101 Å². The molecule has 1 aliphatic heterocycles. The van der Waals surface area contributed by atoms with Crippen LogP contribution in [0.15, 0.2) is 0 Å². The standard InChI is InChI=1S/C12H23NO2S/c1-8-3-4-10(13)12(7-8)16(14)11-5-6-15-9(11)2/h8-12H,3-7,13H2,1-2H3. The summed E-state index contributed by atoms with van der Waals surface area (Å²) in [6.45, 7) is 5.03. The minimum absolute atomic E-state index is 0.129. The quantitative estimate of drug-likeness (QED) is 0.800. The van der Waals surface area contributed by atoms with Crippen molar-refractivity contribution in [1.29, 1.82) is 0 Å². The van der Waals surface area contributed by atoms with Crippen molar-refractivity contribution >= 4 is 10.8 Å². The zero-order valence-corrected chi connectivity index (χ0v) is 11.0. The van der Waals surface area contributed by atoms with Crippen molar-refractivity contribution in [3.63, 3.8) is 0 Å². The molecule has 4 heteroatoms. The van der Waals surface area contributed by atoms with Gasteiger partial charge in [-0.1, -0.05) is 6.92 Å². The first-order chi connectivity index (χ1) is 7.59. The molecule has 94 valence electrons. The first kappa shape index (κ1) is 12.5. The predicted molar refractivity (Wildman–Crippen MR) is 66.7 cm³/mol. The van der Waals surface area contributed by atoms with Gasteiger partial charge in [-0.15, -0.1) is 0 Å². The lowest BCUT2D eigenvalue weighted by Crippen LogP contribution is -2.46. The van der Waals surface area contributed by atoms with Crippen LogP contribution in [0.1, 0.15) is 39.5 Å². The van der Waals surface area contributed by atoms with Crippen molar-refractivity contribution in [1.82, 2.24) is 0 Å². The zero-order chi connectivity index (χ0) is 11.7. The third-order valence-corrected chi connectivity index (χ3v) is 6.36. The highest BCUT2D eigenvalue weighted by Gasteiger charge is 2.38. The second kappa shape index (κ2) is 5.15. The molecular formula is C12H23NO2S. The van der Waals surface area contributed by atoms with Gasteiger partial charge in [0.15, 0.2) is 0 Å². The van der Waals surface area contributed by atoms with Crippen molar-refractivity contribution in [3.8, 4) is 0 Å². The summed E-state index contributed by atoms with van der Waals surface area (Å²) in [5, 5.41) is 0.402. The Hall–Kier alpha value is 0.0700. The Morgan fingerprint density at radius 3 is 2.56 bits per heavy atom. The van der Waals surface area contributed by atoms with Crippen molar-refractivity contribution in [2.24, 2.45) is 11.7 Å². The molecule has 0 amide bonds. The van der Waals surface area contributed by atoms with Gasteiger partial charge in [0.25, 0.3) is 0 Å². The van der Waals surface area contributed by atoms with E-state index in [0.717, 1.165) is 25.9 Å². The van der Waals surface area contributed by atoms with E-state index in [0.29, 0.717) is 5.92 Å². The lowest BCUT2D eigenvalue weighted by molar-refractivity contribution is 0.126. The largest absolute Gasteiger partial charge is 0.377 e. The molecule has 0 spiro atoms. The fraction of sp³-hybridized carbons (Fsp3) is 1.00. The van der Waals surface area contributed by atoms with Crippen LogP contribution in [-0.4, -0.2) is 33.5 Å². The minimum atomic E-state index is -0.813. The average Bonchev–Trinajstić information content (AvgIpc) is 2.67. The Morgan fingerprint density at radius 2 is 1.94 bits per heavy atom. The van der Waals surface area contributed by atoms with Gasteiger partial charge in [0.1, 0.15) is 0 Å². The summed E-state index contributed by atoms with van der Waals surface area (Å²) in [4.78, 5) is 0. The number of hydrogen-bond acceptors (Lipinski definition) is 3. The second-order valence-electron chi connectivity index (χ2n) is 5.35. The van der Waals surface area contributed by atoms with E-state index in [9.17, 15) is 4.21 Å². The van der Waals surface area contributed by atoms with E-state index in [4.69, 9.17) is 10.5 Å². The second-order valence-corrected chi connectivity index (χ2v) is 7.22. The average molecular weight is 245 g/mol. The van der Waals surface area contributed by atoms with E-state index in [2.05, 4.69) is 6.92 Å². The maximum Gasteiger partial charge on any atom is 0.0691 e. The van der Waals surface area contributed by atoms with Crippen LogP contribution in [0.2, 0.25) is 0 Å². The van der Waals surface area contributed by atoms with Gasteiger partial charge in [-0.3, -0.25) is 4.21 Å². The topological polar surface area (TPSA) is 52.3 Å². The van der Waals surface area contributed by atoms with Crippen LogP contribution in [0.25, 0.3) is 0 Å². The van der Waals surface area contributed by atoms with Gasteiger partial charge >= 0.3 is 0 Å². The molecule has 6 unspecified atom stereocenters. The lowest BCUT2D eigenvalue weighted by atomic mass is 9.87. The van der Waals surface area contributed by atoms with Crippen LogP contribution in [0.3, 0.4) is 0 Å². The maximum absolute atomic E-state index is 12.5. The first-order valence-corrected chi connectivity index (χ1v) is 7.63. The van der Waals surface area contributed by atoms with Gasteiger partial charge in [0, 0.05) is 23.4 Å². The zero-order valence-electron chi connectivity index (χ0n) is 10.2. The molecule has 2 rings (SSSR count). The van der Waals surface area contributed by atoms with Crippen molar-refractivity contribution in [2.45, 2.75) is 62.2 Å². The van der Waals surface area contributed by atoms with Crippen molar-refractivity contribution in [2.75, 3.05) is 6.61 Å². The third kappa shape index (κ3) is 2.49. The summed E-state index contributed by atoms with van der Waals surface area (Å²) < 4.78 is 18.0. The van der Waals surface area contributed by atoms with Gasteiger partial charge in [-0.25, -0.2) is 0 Å². The Kier molecular flexibility index (Phi) is 4.03. The highest BCUT2D eigenvalue weighted by atomic mass is 32.2. The van der Waals surface area contributed by atoms with E-state index < -0.39 is 10.8 Å². The maximum atomic E-state index is 12.5. The summed E-state index contributed by atoms with van der Waals surface area (Å²) in [5.41, 5.74) is 6.12. The molecule has 1 saturated carbocycles. The predicted octanol–water partition coefficient (Wildman–Crippen LogP) is 1.43. The van der Waals surface area contributed by atoms with E-state index in [1.165, 1.54) is 6.42 Å². The lowest BCUT2D eigenvalue weighted by Gasteiger charge is -2.33. The summed E-state index contributed by atoms with van der Waals surface area (Å²) in [5.74, 6) is 0.673. The summed E-state index contributed by atoms with van der Waals surface area (Å²) in [6.07, 6.45) is 4.32. The van der Waals surface area contributed by atoms with Gasteiger partial charge in [0.2, 0.25) is 0 Å². The van der Waals surface area contributed by atoms with Crippen LogP contribution < -0.4 is 5.73 Å². The fourth-order valence-electron chi connectivity index (χ4n) is 2.86. The van der Waals surface area contributed by atoms with Crippen LogP contribution in [0.5, 0.6) is 0 Å². The normalized spacial score (nSPS) is 46.8. The molecule has 3 nitrogen and oxygen atoms in total. The van der Waals surface area contributed by atoms with Gasteiger partial charge in [-0.05, 0) is 38.5 Å². The van der Waals surface area contributed by atoms with E-state index in [-0.39, 0.29) is 22.6 Å². The highest BCUT2D eigenvalue weighted by Crippen LogP contribution is 2.31. The number of hydrogen-bond donors (Lipinski definition) is 1. The third-order valence-electron chi connectivity index (χ3n) is 4.01. The molecule has 0 aromatic heterocycles. The van der Waals surface area contributed by atoms with Crippen molar-refractivity contribution in [3.05, 3.63) is 0 Å². The summed E-state index contributed by atoms with van der Waals surface area (Å²) in [6, 6.07) is 0.129. The Bertz CT molecular complexity index is 272. The molecule has 2 aliphatic rings. The molecule has 1 aliphatic carbocycles. The molecule has 0 aromatic carbocycles. The number of nitrogens with two attached hydrogens (primary N) is 1. The molecule has 0 aromatic rings. The Balaban J connectivity index is 2.02. The number of rotatable bonds is 2. The summed E-state index contributed by atoms with van der Waals surface area (Å²) >= 11 is 0. The fourth-order valence-corrected chi connectivity index (χ4v) is 5.09. The smallest absolute Gasteiger partial charge is 0.0691 e. The van der Waals surface area contributed by atoms with Crippen molar-refractivity contribution < 1.29 is 8.95 Å². The molecule has 1 saturated heterocycles. The molecule has 1 heterocycles. The number of ether oxygens (including phenoxy) is 1. The molecular weight excluding hydrogens is 222 g/mol. The summed E-state index contributed by atoms with van der Waals surface area (Å²) in [7, 11) is -0.813. The van der Waals surface area contributed by atoms with E-state index >= 15 is 0 Å². The molecule has 2 fully saturated rings. The molecule has 0 radical (unpaired) electrons. The molecule has 2 N–H and O–H groups in total. The van der Waals surface area contributed by atoms with Crippen LogP contribution in [0.4, 0.5) is 0 Å². The Morgan fingerprint density at radius 1 is 1.19 bits per heavy atom. The first-order valence-electron chi connectivity index (χ1n) is 6.36. The van der Waals surface area contributed by atoms with Crippen LogP contribution in [-0.2, 0) is 15.5 Å². The van der Waals surface area contributed by atoms with Crippen LogP contribution in [0, 0.1) is 5.92 Å². The SMILES string of the molecule is CC1CCC(N)C(S(=O)C2CCOC2C)C1. The van der Waals surface area contributed by atoms with Crippen LogP contribution >= 0.6 is 0 Å². The highest BCUT2D eigenvalue weighted by molar-refractivity contribution is 7.86. The van der Waals surface area contributed by atoms with Gasteiger partial charge in [-0.2, -0.15) is 0 Å².